The summed E-state index contributed by atoms with van der Waals surface area (Å²) in [6, 6.07) is 0. The van der Waals surface area contributed by atoms with Crippen LogP contribution >= 0.6 is 0 Å². The Morgan fingerprint density at radius 2 is 2.20 bits per heavy atom. The van der Waals surface area contributed by atoms with Crippen molar-refractivity contribution in [3.63, 3.8) is 0 Å². The predicted molar refractivity (Wildman–Crippen MR) is 40.9 cm³/mol. The van der Waals surface area contributed by atoms with E-state index in [0.717, 1.165) is 19.3 Å². The first kappa shape index (κ1) is 9.21. The van der Waals surface area contributed by atoms with Crippen LogP contribution in [-0.2, 0) is 4.79 Å². The Labute approximate surface area is 61.6 Å². The van der Waals surface area contributed by atoms with Crippen LogP contribution in [0.1, 0.15) is 33.1 Å². The van der Waals surface area contributed by atoms with Crippen molar-refractivity contribution in [2.24, 2.45) is 0 Å². The molecule has 0 aromatic carbocycles. The third kappa shape index (κ3) is 4.13. The average molecular weight is 142 g/mol. The molecule has 2 heteroatoms. The van der Waals surface area contributed by atoms with E-state index in [1.54, 1.807) is 13.0 Å². The Morgan fingerprint density at radius 3 is 2.60 bits per heavy atom. The molecule has 2 nitrogen and oxygen atoms in total. The maximum atomic E-state index is 10.2. The van der Waals surface area contributed by atoms with Crippen molar-refractivity contribution in [1.29, 1.82) is 0 Å². The van der Waals surface area contributed by atoms with Gasteiger partial charge in [-0.2, -0.15) is 0 Å². The minimum atomic E-state index is -0.809. The second-order valence-corrected chi connectivity index (χ2v) is 2.33. The summed E-state index contributed by atoms with van der Waals surface area (Å²) in [4.78, 5) is 10.2. The molecule has 10 heavy (non-hydrogen) atoms. The maximum Gasteiger partial charge on any atom is 0.330 e. The lowest BCUT2D eigenvalue weighted by Crippen LogP contribution is -1.95. The van der Waals surface area contributed by atoms with Gasteiger partial charge in [0.15, 0.2) is 0 Å². The van der Waals surface area contributed by atoms with Gasteiger partial charge in [-0.3, -0.25) is 0 Å². The fraction of sp³-hybridized carbons (Fsp3) is 0.625. The lowest BCUT2D eigenvalue weighted by Gasteiger charge is -1.91. The van der Waals surface area contributed by atoms with E-state index in [9.17, 15) is 4.79 Å². The van der Waals surface area contributed by atoms with Crippen molar-refractivity contribution in [3.8, 4) is 0 Å². The molecule has 0 saturated heterocycles. The second-order valence-electron chi connectivity index (χ2n) is 2.33. The molecule has 0 saturated carbocycles. The number of hydrogen-bond acceptors (Lipinski definition) is 1. The molecule has 0 aliphatic heterocycles. The van der Waals surface area contributed by atoms with Gasteiger partial charge in [0.1, 0.15) is 0 Å². The summed E-state index contributed by atoms with van der Waals surface area (Å²) in [7, 11) is 0. The van der Waals surface area contributed by atoms with Crippen LogP contribution < -0.4 is 0 Å². The van der Waals surface area contributed by atoms with Gasteiger partial charge < -0.3 is 5.11 Å². The summed E-state index contributed by atoms with van der Waals surface area (Å²) < 4.78 is 0. The maximum absolute atomic E-state index is 10.2. The van der Waals surface area contributed by atoms with Gasteiger partial charge in [0.05, 0.1) is 0 Å². The number of carbonyl (C=O) groups is 1. The van der Waals surface area contributed by atoms with Crippen LogP contribution in [0.3, 0.4) is 0 Å². The minimum Gasteiger partial charge on any atom is -0.478 e. The monoisotopic (exact) mass is 142 g/mol. The van der Waals surface area contributed by atoms with Gasteiger partial charge in [0, 0.05) is 5.57 Å². The van der Waals surface area contributed by atoms with E-state index in [1.807, 2.05) is 0 Å². The van der Waals surface area contributed by atoms with E-state index in [2.05, 4.69) is 6.92 Å². The van der Waals surface area contributed by atoms with Gasteiger partial charge in [-0.1, -0.05) is 25.8 Å². The first-order valence-corrected chi connectivity index (χ1v) is 3.58. The fourth-order valence-corrected chi connectivity index (χ4v) is 0.610. The summed E-state index contributed by atoms with van der Waals surface area (Å²) in [6.45, 7) is 3.71. The molecular weight excluding hydrogens is 128 g/mol. The Balaban J connectivity index is 3.58. The zero-order chi connectivity index (χ0) is 7.98. The Hall–Kier alpha value is -0.790. The highest BCUT2D eigenvalue weighted by Crippen LogP contribution is 2.00. The Kier molecular flexibility index (Phi) is 4.63. The second kappa shape index (κ2) is 5.03. The molecular formula is C8H14O2. The van der Waals surface area contributed by atoms with Crippen molar-refractivity contribution >= 4 is 5.97 Å². The summed E-state index contributed by atoms with van der Waals surface area (Å²) in [5, 5.41) is 8.41. The summed E-state index contributed by atoms with van der Waals surface area (Å²) >= 11 is 0. The van der Waals surface area contributed by atoms with Crippen molar-refractivity contribution in [1.82, 2.24) is 0 Å². The number of carboxylic acids is 1. The third-order valence-corrected chi connectivity index (χ3v) is 1.35. The SMILES string of the molecule is CCCC/C=C(/C)C(=O)O. The van der Waals surface area contributed by atoms with Gasteiger partial charge in [0.2, 0.25) is 0 Å². The molecule has 0 aromatic rings. The predicted octanol–water partition coefficient (Wildman–Crippen LogP) is 2.21. The largest absolute Gasteiger partial charge is 0.478 e. The van der Waals surface area contributed by atoms with Gasteiger partial charge in [-0.15, -0.1) is 0 Å². The topological polar surface area (TPSA) is 37.3 Å². The highest BCUT2D eigenvalue weighted by Gasteiger charge is 1.96. The number of rotatable bonds is 4. The molecule has 58 valence electrons. The van der Waals surface area contributed by atoms with Gasteiger partial charge in [0.25, 0.3) is 0 Å². The van der Waals surface area contributed by atoms with E-state index < -0.39 is 5.97 Å². The molecule has 1 N–H and O–H groups in total. The van der Waals surface area contributed by atoms with Crippen molar-refractivity contribution in [2.45, 2.75) is 33.1 Å². The van der Waals surface area contributed by atoms with E-state index in [1.165, 1.54) is 0 Å². The minimum absolute atomic E-state index is 0.452. The van der Waals surface area contributed by atoms with Crippen LogP contribution in [0.15, 0.2) is 11.6 Å². The Bertz CT molecular complexity index is 136. The molecule has 0 bridgehead atoms. The zero-order valence-electron chi connectivity index (χ0n) is 6.55. The van der Waals surface area contributed by atoms with Crippen LogP contribution in [0.2, 0.25) is 0 Å². The molecule has 0 aliphatic carbocycles. The average Bonchev–Trinajstić information content (AvgIpc) is 1.88. The van der Waals surface area contributed by atoms with Crippen molar-refractivity contribution in [2.75, 3.05) is 0 Å². The first-order valence-electron chi connectivity index (χ1n) is 3.58. The quantitative estimate of drug-likeness (QED) is 0.482. The molecule has 0 aromatic heterocycles. The number of unbranched alkanes of at least 4 members (excludes halogenated alkanes) is 2. The van der Waals surface area contributed by atoms with Gasteiger partial charge in [-0.05, 0) is 13.3 Å². The fourth-order valence-electron chi connectivity index (χ4n) is 0.610. The van der Waals surface area contributed by atoms with E-state index in [4.69, 9.17) is 5.11 Å². The van der Waals surface area contributed by atoms with Gasteiger partial charge >= 0.3 is 5.97 Å². The molecule has 0 rings (SSSR count). The highest BCUT2D eigenvalue weighted by atomic mass is 16.4. The molecule has 0 amide bonds. The summed E-state index contributed by atoms with van der Waals surface area (Å²) in [6.07, 6.45) is 4.84. The molecule has 0 spiro atoms. The lowest BCUT2D eigenvalue weighted by molar-refractivity contribution is -0.132. The van der Waals surface area contributed by atoms with Crippen LogP contribution in [-0.4, -0.2) is 11.1 Å². The molecule has 0 radical (unpaired) electrons. The van der Waals surface area contributed by atoms with Crippen molar-refractivity contribution in [3.05, 3.63) is 11.6 Å². The summed E-state index contributed by atoms with van der Waals surface area (Å²) in [5.74, 6) is -0.809. The molecule has 0 unspecified atom stereocenters. The molecule has 0 fully saturated rings. The van der Waals surface area contributed by atoms with E-state index in [-0.39, 0.29) is 0 Å². The van der Waals surface area contributed by atoms with Gasteiger partial charge in [-0.25, -0.2) is 4.79 Å². The molecule has 0 atom stereocenters. The van der Waals surface area contributed by atoms with Crippen molar-refractivity contribution < 1.29 is 9.90 Å². The number of hydrogen-bond donors (Lipinski definition) is 1. The molecule has 0 heterocycles. The van der Waals surface area contributed by atoms with Crippen LogP contribution in [0.4, 0.5) is 0 Å². The number of aliphatic carboxylic acids is 1. The summed E-state index contributed by atoms with van der Waals surface area (Å²) in [5.41, 5.74) is 0.452. The normalized spacial score (nSPS) is 11.6. The van der Waals surface area contributed by atoms with Crippen LogP contribution in [0.5, 0.6) is 0 Å². The zero-order valence-corrected chi connectivity index (χ0v) is 6.55. The van der Waals surface area contributed by atoms with Crippen LogP contribution in [0, 0.1) is 0 Å². The van der Waals surface area contributed by atoms with E-state index >= 15 is 0 Å². The Morgan fingerprint density at radius 1 is 1.60 bits per heavy atom. The number of carboxylic acid groups (broad SMARTS) is 1. The molecule has 0 aliphatic rings. The standard InChI is InChI=1S/C8H14O2/c1-3-4-5-6-7(2)8(9)10/h6H,3-5H2,1-2H3,(H,9,10)/b7-6-. The third-order valence-electron chi connectivity index (χ3n) is 1.35. The lowest BCUT2D eigenvalue weighted by atomic mass is 10.2. The highest BCUT2D eigenvalue weighted by molar-refractivity contribution is 5.85. The van der Waals surface area contributed by atoms with Crippen LogP contribution in [0.25, 0.3) is 0 Å². The smallest absolute Gasteiger partial charge is 0.330 e. The first-order chi connectivity index (χ1) is 4.68. The number of allylic oxidation sites excluding steroid dienone is 1. The van der Waals surface area contributed by atoms with E-state index in [0.29, 0.717) is 5.57 Å².